The molecular weight excluding hydrogens is 234 g/mol. The van der Waals surface area contributed by atoms with E-state index in [0.29, 0.717) is 6.42 Å². The molecule has 0 saturated carbocycles. The van der Waals surface area contributed by atoms with Crippen LogP contribution >= 0.6 is 0 Å². The maximum Gasteiger partial charge on any atom is 0.217 e. The Morgan fingerprint density at radius 3 is 1.95 bits per heavy atom. The summed E-state index contributed by atoms with van der Waals surface area (Å²) in [7, 11) is 0. The van der Waals surface area contributed by atoms with Crippen LogP contribution in [0.4, 0.5) is 0 Å². The van der Waals surface area contributed by atoms with Gasteiger partial charge in [-0.25, -0.2) is 0 Å². The lowest BCUT2D eigenvalue weighted by Crippen LogP contribution is -2.09. The van der Waals surface area contributed by atoms with Crippen LogP contribution in [0.15, 0.2) is 11.6 Å². The van der Waals surface area contributed by atoms with Gasteiger partial charge in [0.25, 0.3) is 0 Å². The molecule has 0 atom stereocenters. The van der Waals surface area contributed by atoms with Crippen molar-refractivity contribution in [3.05, 3.63) is 11.6 Å². The highest BCUT2D eigenvalue weighted by Gasteiger charge is 2.00. The minimum Gasteiger partial charge on any atom is -0.370 e. The number of carbonyl (C=O) groups is 1. The van der Waals surface area contributed by atoms with E-state index in [1.54, 1.807) is 5.57 Å². The average molecular weight is 267 g/mol. The zero-order chi connectivity index (χ0) is 14.3. The number of nitrogens with two attached hydrogens (primary N) is 1. The Balaban J connectivity index is 3.91. The fourth-order valence-electron chi connectivity index (χ4n) is 2.28. The van der Waals surface area contributed by atoms with Crippen molar-refractivity contribution >= 4 is 5.91 Å². The highest BCUT2D eigenvalue weighted by Crippen LogP contribution is 2.18. The molecule has 19 heavy (non-hydrogen) atoms. The third kappa shape index (κ3) is 13.4. The fourth-order valence-corrected chi connectivity index (χ4v) is 2.28. The third-order valence-electron chi connectivity index (χ3n) is 3.51. The second-order valence-corrected chi connectivity index (χ2v) is 5.49. The van der Waals surface area contributed by atoms with Gasteiger partial charge >= 0.3 is 0 Å². The van der Waals surface area contributed by atoms with E-state index in [2.05, 4.69) is 19.9 Å². The monoisotopic (exact) mass is 267 g/mol. The molecule has 0 radical (unpaired) electrons. The van der Waals surface area contributed by atoms with Gasteiger partial charge in [0.2, 0.25) is 5.91 Å². The lowest BCUT2D eigenvalue weighted by atomic mass is 9.99. The summed E-state index contributed by atoms with van der Waals surface area (Å²) < 4.78 is 0. The fraction of sp³-hybridized carbons (Fsp3) is 0.824. The molecule has 0 aromatic heterocycles. The minimum atomic E-state index is -0.167. The molecule has 0 aliphatic rings. The quantitative estimate of drug-likeness (QED) is 0.365. The summed E-state index contributed by atoms with van der Waals surface area (Å²) in [5.74, 6) is -0.167. The van der Waals surface area contributed by atoms with Crippen molar-refractivity contribution in [2.45, 2.75) is 90.9 Å². The van der Waals surface area contributed by atoms with Crippen molar-refractivity contribution in [2.24, 2.45) is 5.73 Å². The highest BCUT2D eigenvalue weighted by atomic mass is 16.1. The summed E-state index contributed by atoms with van der Waals surface area (Å²) in [5, 5.41) is 0. The standard InChI is InChI=1S/C17H33NO/c1-3-5-7-9-13-16(12-8-6-4-2)14-10-11-15-17(18)19/h13H,3-12,14-15H2,1-2H3,(H2,18,19). The van der Waals surface area contributed by atoms with Gasteiger partial charge < -0.3 is 5.73 Å². The van der Waals surface area contributed by atoms with Gasteiger partial charge in [0.1, 0.15) is 0 Å². The zero-order valence-electron chi connectivity index (χ0n) is 13.0. The Morgan fingerprint density at radius 1 is 0.842 bits per heavy atom. The first kappa shape index (κ1) is 18.2. The molecule has 2 heteroatoms. The number of unbranched alkanes of at least 4 members (excludes halogenated alkanes) is 6. The van der Waals surface area contributed by atoms with Crippen LogP contribution in [0.3, 0.4) is 0 Å². The van der Waals surface area contributed by atoms with Gasteiger partial charge in [-0.2, -0.15) is 0 Å². The average Bonchev–Trinajstić information content (AvgIpc) is 2.38. The number of carbonyl (C=O) groups excluding carboxylic acids is 1. The highest BCUT2D eigenvalue weighted by molar-refractivity contribution is 5.73. The Morgan fingerprint density at radius 2 is 1.37 bits per heavy atom. The van der Waals surface area contributed by atoms with E-state index in [9.17, 15) is 4.79 Å². The van der Waals surface area contributed by atoms with Crippen LogP contribution in [0, 0.1) is 0 Å². The molecule has 0 aliphatic carbocycles. The van der Waals surface area contributed by atoms with Gasteiger partial charge in [0.05, 0.1) is 0 Å². The summed E-state index contributed by atoms with van der Waals surface area (Å²) in [6, 6.07) is 0. The predicted octanol–water partition coefficient (Wildman–Crippen LogP) is 5.12. The van der Waals surface area contributed by atoms with Crippen molar-refractivity contribution in [2.75, 3.05) is 0 Å². The summed E-state index contributed by atoms with van der Waals surface area (Å²) in [6.07, 6.45) is 16.5. The minimum absolute atomic E-state index is 0.167. The summed E-state index contributed by atoms with van der Waals surface area (Å²) in [5.41, 5.74) is 6.77. The Kier molecular flexibility index (Phi) is 13.1. The van der Waals surface area contributed by atoms with Crippen LogP contribution in [0.25, 0.3) is 0 Å². The molecule has 0 bridgehead atoms. The first-order valence-electron chi connectivity index (χ1n) is 8.16. The lowest BCUT2D eigenvalue weighted by molar-refractivity contribution is -0.118. The van der Waals surface area contributed by atoms with Gasteiger partial charge in [-0.15, -0.1) is 0 Å². The van der Waals surface area contributed by atoms with Gasteiger partial charge in [-0.1, -0.05) is 51.2 Å². The number of allylic oxidation sites excluding steroid dienone is 2. The summed E-state index contributed by atoms with van der Waals surface area (Å²) >= 11 is 0. The van der Waals surface area contributed by atoms with Crippen molar-refractivity contribution < 1.29 is 4.79 Å². The SMILES string of the molecule is CCCCCC=C(CCCCC)CCCCC(N)=O. The van der Waals surface area contributed by atoms with Crippen LogP contribution in [-0.4, -0.2) is 5.91 Å². The molecule has 0 fully saturated rings. The normalized spacial score (nSPS) is 11.8. The molecular formula is C17H33NO. The van der Waals surface area contributed by atoms with Crippen molar-refractivity contribution in [3.8, 4) is 0 Å². The second kappa shape index (κ2) is 13.6. The van der Waals surface area contributed by atoms with Crippen LogP contribution < -0.4 is 5.73 Å². The van der Waals surface area contributed by atoms with Crippen molar-refractivity contribution in [1.82, 2.24) is 0 Å². The molecule has 0 heterocycles. The predicted molar refractivity (Wildman–Crippen MR) is 84.0 cm³/mol. The van der Waals surface area contributed by atoms with E-state index in [0.717, 1.165) is 19.3 Å². The Labute approximate surface area is 119 Å². The molecule has 112 valence electrons. The van der Waals surface area contributed by atoms with Gasteiger partial charge in [0, 0.05) is 6.42 Å². The van der Waals surface area contributed by atoms with Crippen LogP contribution in [0.2, 0.25) is 0 Å². The van der Waals surface area contributed by atoms with E-state index in [-0.39, 0.29) is 5.91 Å². The Hall–Kier alpha value is -0.790. The van der Waals surface area contributed by atoms with Crippen LogP contribution in [0.1, 0.15) is 90.9 Å². The molecule has 0 aromatic carbocycles. The molecule has 0 spiro atoms. The third-order valence-corrected chi connectivity index (χ3v) is 3.51. The zero-order valence-corrected chi connectivity index (χ0v) is 13.0. The van der Waals surface area contributed by atoms with Gasteiger partial charge in [0.15, 0.2) is 0 Å². The number of amides is 1. The van der Waals surface area contributed by atoms with E-state index in [1.165, 1.54) is 51.4 Å². The van der Waals surface area contributed by atoms with E-state index in [4.69, 9.17) is 5.73 Å². The van der Waals surface area contributed by atoms with E-state index >= 15 is 0 Å². The van der Waals surface area contributed by atoms with Gasteiger partial charge in [-0.05, 0) is 44.9 Å². The summed E-state index contributed by atoms with van der Waals surface area (Å²) in [4.78, 5) is 10.7. The maximum absolute atomic E-state index is 10.7. The largest absolute Gasteiger partial charge is 0.370 e. The topological polar surface area (TPSA) is 43.1 Å². The van der Waals surface area contributed by atoms with Crippen molar-refractivity contribution in [3.63, 3.8) is 0 Å². The second-order valence-electron chi connectivity index (χ2n) is 5.49. The molecule has 1 amide bonds. The molecule has 0 aliphatic heterocycles. The van der Waals surface area contributed by atoms with Gasteiger partial charge in [-0.3, -0.25) is 4.79 Å². The number of rotatable bonds is 13. The number of primary amides is 1. The first-order valence-corrected chi connectivity index (χ1v) is 8.16. The number of hydrogen-bond donors (Lipinski definition) is 1. The van der Waals surface area contributed by atoms with Crippen LogP contribution in [0.5, 0.6) is 0 Å². The van der Waals surface area contributed by atoms with Crippen molar-refractivity contribution in [1.29, 1.82) is 0 Å². The molecule has 0 unspecified atom stereocenters. The first-order chi connectivity index (χ1) is 9.20. The number of hydrogen-bond acceptors (Lipinski definition) is 1. The Bertz CT molecular complexity index is 246. The molecule has 0 rings (SSSR count). The van der Waals surface area contributed by atoms with Crippen LogP contribution in [-0.2, 0) is 4.79 Å². The smallest absolute Gasteiger partial charge is 0.217 e. The molecule has 2 nitrogen and oxygen atoms in total. The van der Waals surface area contributed by atoms with E-state index in [1.807, 2.05) is 0 Å². The molecule has 2 N–H and O–H groups in total. The lowest BCUT2D eigenvalue weighted by Gasteiger charge is -2.07. The maximum atomic E-state index is 10.7. The van der Waals surface area contributed by atoms with E-state index < -0.39 is 0 Å². The summed E-state index contributed by atoms with van der Waals surface area (Å²) in [6.45, 7) is 4.49. The molecule has 0 aromatic rings. The molecule has 0 saturated heterocycles.